The van der Waals surface area contributed by atoms with Crippen molar-refractivity contribution in [1.82, 2.24) is 15.2 Å². The van der Waals surface area contributed by atoms with E-state index in [-0.39, 0.29) is 5.82 Å². The van der Waals surface area contributed by atoms with Crippen molar-refractivity contribution in [2.45, 2.75) is 0 Å². The number of pyridine rings is 1. The van der Waals surface area contributed by atoms with Crippen LogP contribution in [0.1, 0.15) is 5.56 Å². The Balaban J connectivity index is 1.70. The molecule has 0 unspecified atom stereocenters. The highest BCUT2D eigenvalue weighted by Crippen LogP contribution is 2.25. The van der Waals surface area contributed by atoms with Crippen molar-refractivity contribution >= 4 is 22.7 Å². The summed E-state index contributed by atoms with van der Waals surface area (Å²) in [5, 5.41) is 13.2. The summed E-state index contributed by atoms with van der Waals surface area (Å²) in [7, 11) is 0. The molecule has 0 fully saturated rings. The molecule has 2 aromatic heterocycles. The molecule has 0 aliphatic rings. The van der Waals surface area contributed by atoms with Gasteiger partial charge in [0.2, 0.25) is 5.13 Å². The SMILES string of the molecule is Fc1ccccc1/C=N/Nc1nnc(-c2cccnc2)s1. The van der Waals surface area contributed by atoms with Gasteiger partial charge in [0.15, 0.2) is 5.01 Å². The molecule has 7 heteroatoms. The van der Waals surface area contributed by atoms with Crippen LogP contribution >= 0.6 is 11.3 Å². The van der Waals surface area contributed by atoms with Gasteiger partial charge in [0.25, 0.3) is 0 Å². The van der Waals surface area contributed by atoms with Gasteiger partial charge in [-0.2, -0.15) is 5.10 Å². The number of aromatic nitrogens is 3. The van der Waals surface area contributed by atoms with Crippen LogP contribution in [-0.4, -0.2) is 21.4 Å². The van der Waals surface area contributed by atoms with E-state index in [1.54, 1.807) is 30.6 Å². The number of nitrogens with zero attached hydrogens (tertiary/aromatic N) is 4. The summed E-state index contributed by atoms with van der Waals surface area (Å²) in [6.07, 6.45) is 4.82. The maximum absolute atomic E-state index is 13.4. The topological polar surface area (TPSA) is 63.1 Å². The highest BCUT2D eigenvalue weighted by Gasteiger charge is 2.05. The van der Waals surface area contributed by atoms with Crippen LogP contribution in [0.5, 0.6) is 0 Å². The molecular formula is C14H10FN5S. The molecule has 0 saturated heterocycles. The van der Waals surface area contributed by atoms with Crippen LogP contribution in [0.2, 0.25) is 0 Å². The number of hydrogen-bond donors (Lipinski definition) is 1. The van der Waals surface area contributed by atoms with Crippen LogP contribution in [-0.2, 0) is 0 Å². The Morgan fingerprint density at radius 2 is 2.05 bits per heavy atom. The average molecular weight is 299 g/mol. The first kappa shape index (κ1) is 13.3. The van der Waals surface area contributed by atoms with Crippen molar-refractivity contribution in [2.24, 2.45) is 5.10 Å². The number of anilines is 1. The minimum Gasteiger partial charge on any atom is -0.264 e. The predicted molar refractivity (Wildman–Crippen MR) is 80.8 cm³/mol. The summed E-state index contributed by atoms with van der Waals surface area (Å²) < 4.78 is 13.4. The van der Waals surface area contributed by atoms with E-state index in [4.69, 9.17) is 0 Å². The lowest BCUT2D eigenvalue weighted by Gasteiger charge is -1.95. The van der Waals surface area contributed by atoms with Gasteiger partial charge in [-0.05, 0) is 18.2 Å². The number of halogens is 1. The fourth-order valence-corrected chi connectivity index (χ4v) is 2.29. The second kappa shape index (κ2) is 6.19. The molecule has 0 amide bonds. The third kappa shape index (κ3) is 3.26. The Hall–Kier alpha value is -2.67. The monoisotopic (exact) mass is 299 g/mol. The fraction of sp³-hybridized carbons (Fsp3) is 0. The van der Waals surface area contributed by atoms with Crippen LogP contribution in [0.4, 0.5) is 9.52 Å². The molecule has 104 valence electrons. The first-order valence-corrected chi connectivity index (χ1v) is 6.92. The lowest BCUT2D eigenvalue weighted by molar-refractivity contribution is 0.626. The van der Waals surface area contributed by atoms with Crippen molar-refractivity contribution in [1.29, 1.82) is 0 Å². The highest BCUT2D eigenvalue weighted by molar-refractivity contribution is 7.18. The van der Waals surface area contributed by atoms with E-state index in [0.717, 1.165) is 10.6 Å². The summed E-state index contributed by atoms with van der Waals surface area (Å²) in [6.45, 7) is 0. The molecule has 0 radical (unpaired) electrons. The molecule has 0 atom stereocenters. The van der Waals surface area contributed by atoms with Gasteiger partial charge in [-0.25, -0.2) is 4.39 Å². The summed E-state index contributed by atoms with van der Waals surface area (Å²) in [4.78, 5) is 4.03. The number of benzene rings is 1. The Morgan fingerprint density at radius 3 is 2.86 bits per heavy atom. The lowest BCUT2D eigenvalue weighted by Crippen LogP contribution is -1.92. The van der Waals surface area contributed by atoms with E-state index >= 15 is 0 Å². The predicted octanol–water partition coefficient (Wildman–Crippen LogP) is 3.19. The fourth-order valence-electron chi connectivity index (χ4n) is 1.61. The smallest absolute Gasteiger partial charge is 0.226 e. The first-order chi connectivity index (χ1) is 10.3. The van der Waals surface area contributed by atoms with Gasteiger partial charge in [0, 0.05) is 23.5 Å². The molecular weight excluding hydrogens is 289 g/mol. The Bertz CT molecular complexity index is 757. The van der Waals surface area contributed by atoms with Gasteiger partial charge in [-0.15, -0.1) is 10.2 Å². The largest absolute Gasteiger partial charge is 0.264 e. The molecule has 0 bridgehead atoms. The van der Waals surface area contributed by atoms with E-state index in [1.165, 1.54) is 23.6 Å². The summed E-state index contributed by atoms with van der Waals surface area (Å²) in [6, 6.07) is 10.1. The van der Waals surface area contributed by atoms with Crippen LogP contribution in [0, 0.1) is 5.82 Å². The molecule has 0 aliphatic heterocycles. The quantitative estimate of drug-likeness (QED) is 0.593. The van der Waals surface area contributed by atoms with E-state index in [2.05, 4.69) is 25.7 Å². The Kier molecular flexibility index (Phi) is 3.92. The maximum atomic E-state index is 13.4. The molecule has 2 heterocycles. The highest BCUT2D eigenvalue weighted by atomic mass is 32.1. The molecule has 3 aromatic rings. The number of rotatable bonds is 4. The number of nitrogens with one attached hydrogen (secondary N) is 1. The van der Waals surface area contributed by atoms with Gasteiger partial charge in [0.05, 0.1) is 6.21 Å². The van der Waals surface area contributed by atoms with Crippen molar-refractivity contribution in [3.8, 4) is 10.6 Å². The second-order valence-corrected chi connectivity index (χ2v) is 5.02. The van der Waals surface area contributed by atoms with E-state index in [0.29, 0.717) is 10.7 Å². The Labute approximate surface area is 124 Å². The third-order valence-electron chi connectivity index (χ3n) is 2.60. The molecule has 3 rings (SSSR count). The first-order valence-electron chi connectivity index (χ1n) is 6.10. The molecule has 5 nitrogen and oxygen atoms in total. The van der Waals surface area contributed by atoms with Crippen molar-refractivity contribution in [3.63, 3.8) is 0 Å². The average Bonchev–Trinajstić information content (AvgIpc) is 2.99. The molecule has 1 aromatic carbocycles. The van der Waals surface area contributed by atoms with Gasteiger partial charge < -0.3 is 0 Å². The van der Waals surface area contributed by atoms with Gasteiger partial charge >= 0.3 is 0 Å². The van der Waals surface area contributed by atoms with Crippen LogP contribution in [0.15, 0.2) is 53.9 Å². The van der Waals surface area contributed by atoms with Crippen LogP contribution < -0.4 is 5.43 Å². The molecule has 0 spiro atoms. The van der Waals surface area contributed by atoms with E-state index < -0.39 is 0 Å². The van der Waals surface area contributed by atoms with Gasteiger partial charge in [0.1, 0.15) is 5.82 Å². The summed E-state index contributed by atoms with van der Waals surface area (Å²) >= 11 is 1.34. The standard InChI is InChI=1S/C14H10FN5S/c15-12-6-2-1-4-10(12)9-17-19-14-20-18-13(21-14)11-5-3-7-16-8-11/h1-9H,(H,19,20)/b17-9+. The van der Waals surface area contributed by atoms with E-state index in [1.807, 2.05) is 12.1 Å². The second-order valence-electron chi connectivity index (χ2n) is 4.05. The van der Waals surface area contributed by atoms with Crippen LogP contribution in [0.25, 0.3) is 10.6 Å². The minimum absolute atomic E-state index is 0.323. The zero-order valence-electron chi connectivity index (χ0n) is 10.8. The number of hydrogen-bond acceptors (Lipinski definition) is 6. The maximum Gasteiger partial charge on any atom is 0.226 e. The van der Waals surface area contributed by atoms with Gasteiger partial charge in [-0.1, -0.05) is 29.5 Å². The molecule has 0 saturated carbocycles. The van der Waals surface area contributed by atoms with Crippen molar-refractivity contribution in [3.05, 3.63) is 60.2 Å². The van der Waals surface area contributed by atoms with Gasteiger partial charge in [-0.3, -0.25) is 10.4 Å². The van der Waals surface area contributed by atoms with E-state index in [9.17, 15) is 4.39 Å². The van der Waals surface area contributed by atoms with Crippen LogP contribution in [0.3, 0.4) is 0 Å². The summed E-state index contributed by atoms with van der Waals surface area (Å²) in [5.74, 6) is -0.323. The normalized spacial score (nSPS) is 10.9. The Morgan fingerprint density at radius 1 is 1.14 bits per heavy atom. The van der Waals surface area contributed by atoms with Crippen molar-refractivity contribution in [2.75, 3.05) is 5.43 Å². The molecule has 21 heavy (non-hydrogen) atoms. The third-order valence-corrected chi connectivity index (χ3v) is 3.48. The number of hydrazone groups is 1. The minimum atomic E-state index is -0.323. The van der Waals surface area contributed by atoms with Crippen molar-refractivity contribution < 1.29 is 4.39 Å². The molecule has 0 aliphatic carbocycles. The lowest BCUT2D eigenvalue weighted by atomic mass is 10.2. The zero-order chi connectivity index (χ0) is 14.5. The molecule has 1 N–H and O–H groups in total. The summed E-state index contributed by atoms with van der Waals surface area (Å²) in [5.41, 5.74) is 4.03. The zero-order valence-corrected chi connectivity index (χ0v) is 11.6.